The summed E-state index contributed by atoms with van der Waals surface area (Å²) < 4.78 is 10.8. The van der Waals surface area contributed by atoms with Crippen molar-refractivity contribution in [2.75, 3.05) is 39.7 Å². The Kier molecular flexibility index (Phi) is 7.04. The number of hydrogen-bond donors (Lipinski definition) is 1. The number of nitrogens with zero attached hydrogens (tertiary/aromatic N) is 1. The summed E-state index contributed by atoms with van der Waals surface area (Å²) in [6, 6.07) is 14.8. The van der Waals surface area contributed by atoms with Crippen LogP contribution in [0.4, 0.5) is 5.69 Å². The van der Waals surface area contributed by atoms with Gasteiger partial charge in [-0.05, 0) is 62.1 Å². The molecule has 0 aliphatic heterocycles. The normalized spacial score (nSPS) is 10.9. The third-order valence-electron chi connectivity index (χ3n) is 3.45. The van der Waals surface area contributed by atoms with Crippen molar-refractivity contribution in [1.29, 1.82) is 0 Å². The first-order valence-electron chi connectivity index (χ1n) is 8.07. The van der Waals surface area contributed by atoms with Crippen LogP contribution < -0.4 is 14.8 Å². The van der Waals surface area contributed by atoms with E-state index in [4.69, 9.17) is 9.47 Å². The first-order chi connectivity index (χ1) is 12.1. The van der Waals surface area contributed by atoms with Crippen molar-refractivity contribution < 1.29 is 14.3 Å². The van der Waals surface area contributed by atoms with E-state index >= 15 is 0 Å². The van der Waals surface area contributed by atoms with E-state index in [0.717, 1.165) is 29.3 Å². The number of nitrogens with one attached hydrogen (secondary N) is 1. The van der Waals surface area contributed by atoms with Crippen LogP contribution in [0.25, 0.3) is 6.08 Å². The zero-order valence-electron chi connectivity index (χ0n) is 14.9. The van der Waals surface area contributed by atoms with Gasteiger partial charge < -0.3 is 19.7 Å². The minimum absolute atomic E-state index is 0.191. The van der Waals surface area contributed by atoms with E-state index in [2.05, 4.69) is 10.2 Å². The van der Waals surface area contributed by atoms with Gasteiger partial charge in [0.2, 0.25) is 5.91 Å². The summed E-state index contributed by atoms with van der Waals surface area (Å²) in [6.07, 6.45) is 3.24. The highest BCUT2D eigenvalue weighted by Gasteiger charge is 2.00. The van der Waals surface area contributed by atoms with Crippen molar-refractivity contribution in [2.45, 2.75) is 0 Å². The highest BCUT2D eigenvalue weighted by Crippen LogP contribution is 2.16. The van der Waals surface area contributed by atoms with Gasteiger partial charge in [-0.2, -0.15) is 0 Å². The molecule has 0 heterocycles. The first-order valence-corrected chi connectivity index (χ1v) is 8.07. The molecule has 5 heteroatoms. The number of anilines is 1. The van der Waals surface area contributed by atoms with Gasteiger partial charge in [0.15, 0.2) is 0 Å². The fourth-order valence-corrected chi connectivity index (χ4v) is 2.08. The van der Waals surface area contributed by atoms with Gasteiger partial charge in [0.25, 0.3) is 0 Å². The van der Waals surface area contributed by atoms with Gasteiger partial charge in [0, 0.05) is 18.3 Å². The predicted molar refractivity (Wildman–Crippen MR) is 101 cm³/mol. The van der Waals surface area contributed by atoms with Gasteiger partial charge in [0.1, 0.15) is 18.1 Å². The lowest BCUT2D eigenvalue weighted by Gasteiger charge is -2.11. The monoisotopic (exact) mass is 340 g/mol. The quantitative estimate of drug-likeness (QED) is 0.749. The second-order valence-corrected chi connectivity index (χ2v) is 5.78. The van der Waals surface area contributed by atoms with Crippen LogP contribution in [-0.4, -0.2) is 45.2 Å². The zero-order valence-corrected chi connectivity index (χ0v) is 14.9. The maximum atomic E-state index is 12.0. The Labute approximate surface area is 148 Å². The molecule has 5 nitrogen and oxygen atoms in total. The van der Waals surface area contributed by atoms with Crippen molar-refractivity contribution in [3.63, 3.8) is 0 Å². The molecule has 0 radical (unpaired) electrons. The Balaban J connectivity index is 1.86. The van der Waals surface area contributed by atoms with Crippen LogP contribution in [0.15, 0.2) is 54.6 Å². The molecule has 1 N–H and O–H groups in total. The van der Waals surface area contributed by atoms with E-state index in [1.807, 2.05) is 62.6 Å². The van der Waals surface area contributed by atoms with Crippen LogP contribution in [0.3, 0.4) is 0 Å². The number of methoxy groups -OCH3 is 1. The third kappa shape index (κ3) is 6.69. The molecule has 0 spiro atoms. The number of carbonyl (C=O) groups is 1. The smallest absolute Gasteiger partial charge is 0.248 e. The van der Waals surface area contributed by atoms with Crippen molar-refractivity contribution in [1.82, 2.24) is 4.90 Å². The van der Waals surface area contributed by atoms with Crippen molar-refractivity contribution in [2.24, 2.45) is 0 Å². The van der Waals surface area contributed by atoms with E-state index < -0.39 is 0 Å². The Hall–Kier alpha value is -2.79. The number of ether oxygens (including phenoxy) is 2. The summed E-state index contributed by atoms with van der Waals surface area (Å²) in [4.78, 5) is 14.1. The molecule has 0 fully saturated rings. The molecule has 25 heavy (non-hydrogen) atoms. The van der Waals surface area contributed by atoms with Gasteiger partial charge in [-0.25, -0.2) is 0 Å². The van der Waals surface area contributed by atoms with Gasteiger partial charge in [-0.15, -0.1) is 0 Å². The summed E-state index contributed by atoms with van der Waals surface area (Å²) in [5.41, 5.74) is 1.62. The molecule has 0 atom stereocenters. The molecule has 0 bridgehead atoms. The SMILES string of the molecule is COc1cccc(C=CC(=O)Nc2ccc(OCCN(C)C)cc2)c1. The highest BCUT2D eigenvalue weighted by atomic mass is 16.5. The molecular formula is C20H24N2O3. The average Bonchev–Trinajstić information content (AvgIpc) is 2.61. The standard InChI is InChI=1S/C20H24N2O3/c1-22(2)13-14-25-18-10-8-17(9-11-18)21-20(23)12-7-16-5-4-6-19(15-16)24-3/h4-12,15H,13-14H2,1-3H3,(H,21,23). The van der Waals surface area contributed by atoms with Gasteiger partial charge in [-0.1, -0.05) is 12.1 Å². The lowest BCUT2D eigenvalue weighted by atomic mass is 10.2. The fourth-order valence-electron chi connectivity index (χ4n) is 2.08. The number of rotatable bonds is 8. The molecule has 0 saturated carbocycles. The number of carbonyl (C=O) groups excluding carboxylic acids is 1. The molecule has 2 rings (SSSR count). The van der Waals surface area contributed by atoms with Crippen molar-refractivity contribution in [3.05, 3.63) is 60.2 Å². The molecule has 0 aromatic heterocycles. The molecule has 0 unspecified atom stereocenters. The minimum atomic E-state index is -0.191. The third-order valence-corrected chi connectivity index (χ3v) is 3.45. The Morgan fingerprint density at radius 2 is 1.88 bits per heavy atom. The average molecular weight is 340 g/mol. The first kappa shape index (κ1) is 18.5. The Bertz CT molecular complexity index is 709. The second kappa shape index (κ2) is 9.49. The molecule has 132 valence electrons. The molecule has 0 saturated heterocycles. The maximum Gasteiger partial charge on any atom is 0.248 e. The minimum Gasteiger partial charge on any atom is -0.497 e. The molecule has 1 amide bonds. The molecular weight excluding hydrogens is 316 g/mol. The van der Waals surface area contributed by atoms with E-state index in [1.165, 1.54) is 6.08 Å². The Morgan fingerprint density at radius 1 is 1.12 bits per heavy atom. The summed E-state index contributed by atoms with van der Waals surface area (Å²) in [5, 5.41) is 2.82. The fraction of sp³-hybridized carbons (Fsp3) is 0.250. The van der Waals surface area contributed by atoms with Crippen LogP contribution in [-0.2, 0) is 4.79 Å². The molecule has 0 aliphatic carbocycles. The summed E-state index contributed by atoms with van der Waals surface area (Å²) in [5.74, 6) is 1.35. The largest absolute Gasteiger partial charge is 0.497 e. The number of hydrogen-bond acceptors (Lipinski definition) is 4. The van der Waals surface area contributed by atoms with Gasteiger partial charge >= 0.3 is 0 Å². The van der Waals surface area contributed by atoms with Crippen LogP contribution >= 0.6 is 0 Å². The Morgan fingerprint density at radius 3 is 2.56 bits per heavy atom. The van der Waals surface area contributed by atoms with Gasteiger partial charge in [-0.3, -0.25) is 4.79 Å². The van der Waals surface area contributed by atoms with Crippen LogP contribution in [0.5, 0.6) is 11.5 Å². The van der Waals surface area contributed by atoms with Crippen LogP contribution in [0.2, 0.25) is 0 Å². The predicted octanol–water partition coefficient (Wildman–Crippen LogP) is 3.29. The summed E-state index contributed by atoms with van der Waals surface area (Å²) >= 11 is 0. The molecule has 0 aliphatic rings. The number of amides is 1. The topological polar surface area (TPSA) is 50.8 Å². The van der Waals surface area contributed by atoms with E-state index in [9.17, 15) is 4.79 Å². The van der Waals surface area contributed by atoms with E-state index in [-0.39, 0.29) is 5.91 Å². The summed E-state index contributed by atoms with van der Waals surface area (Å²) in [7, 11) is 5.62. The number of benzene rings is 2. The lowest BCUT2D eigenvalue weighted by molar-refractivity contribution is -0.111. The van der Waals surface area contributed by atoms with Crippen LogP contribution in [0.1, 0.15) is 5.56 Å². The van der Waals surface area contributed by atoms with Crippen molar-refractivity contribution in [3.8, 4) is 11.5 Å². The maximum absolute atomic E-state index is 12.0. The van der Waals surface area contributed by atoms with Crippen molar-refractivity contribution >= 4 is 17.7 Å². The van der Waals surface area contributed by atoms with Crippen LogP contribution in [0, 0.1) is 0 Å². The summed E-state index contributed by atoms with van der Waals surface area (Å²) in [6.45, 7) is 1.48. The lowest BCUT2D eigenvalue weighted by Crippen LogP contribution is -2.19. The number of likely N-dealkylation sites (N-methyl/N-ethyl adjacent to an activating group) is 1. The molecule has 2 aromatic carbocycles. The second-order valence-electron chi connectivity index (χ2n) is 5.78. The highest BCUT2D eigenvalue weighted by molar-refractivity contribution is 6.01. The van der Waals surface area contributed by atoms with E-state index in [1.54, 1.807) is 13.2 Å². The van der Waals surface area contributed by atoms with E-state index in [0.29, 0.717) is 6.61 Å². The zero-order chi connectivity index (χ0) is 18.1. The van der Waals surface area contributed by atoms with Gasteiger partial charge in [0.05, 0.1) is 7.11 Å². The molecule has 2 aromatic rings.